The van der Waals surface area contributed by atoms with Crippen molar-refractivity contribution in [2.24, 2.45) is 11.8 Å². The van der Waals surface area contributed by atoms with Crippen LogP contribution in [-0.4, -0.2) is 48.0 Å². The highest BCUT2D eigenvalue weighted by atomic mass is 32.1. The molecule has 0 spiro atoms. The van der Waals surface area contributed by atoms with Crippen LogP contribution in [0, 0.1) is 11.8 Å². The second-order valence-electron chi connectivity index (χ2n) is 7.72. The van der Waals surface area contributed by atoms with E-state index >= 15 is 0 Å². The first-order valence-electron chi connectivity index (χ1n) is 9.43. The van der Waals surface area contributed by atoms with Crippen molar-refractivity contribution >= 4 is 32.6 Å². The van der Waals surface area contributed by atoms with Gasteiger partial charge in [-0.2, -0.15) is 0 Å². The number of amides is 1. The van der Waals surface area contributed by atoms with Gasteiger partial charge in [-0.25, -0.2) is 4.98 Å². The number of carbonyl (C=O) groups excluding carboxylic acids is 1. The van der Waals surface area contributed by atoms with Gasteiger partial charge in [0.25, 0.3) is 5.91 Å². The zero-order valence-corrected chi connectivity index (χ0v) is 15.1. The number of benzene rings is 1. The van der Waals surface area contributed by atoms with Crippen molar-refractivity contribution in [3.05, 3.63) is 23.8 Å². The molecular formula is C19H24N4OS. The maximum absolute atomic E-state index is 12.9. The van der Waals surface area contributed by atoms with Gasteiger partial charge in [0.1, 0.15) is 0 Å². The topological polar surface area (TPSA) is 57.3 Å². The molecule has 0 bridgehead atoms. The van der Waals surface area contributed by atoms with Gasteiger partial charge < -0.3 is 15.5 Å². The van der Waals surface area contributed by atoms with Crippen molar-refractivity contribution in [2.45, 2.75) is 31.7 Å². The van der Waals surface area contributed by atoms with Gasteiger partial charge in [-0.05, 0) is 42.9 Å². The summed E-state index contributed by atoms with van der Waals surface area (Å²) >= 11 is 1.67. The van der Waals surface area contributed by atoms with Crippen molar-refractivity contribution in [1.29, 1.82) is 0 Å². The predicted molar refractivity (Wildman–Crippen MR) is 101 cm³/mol. The summed E-state index contributed by atoms with van der Waals surface area (Å²) in [7, 11) is 0. The van der Waals surface area contributed by atoms with E-state index < -0.39 is 0 Å². The number of nitrogens with one attached hydrogen (secondary N) is 2. The molecule has 2 aromatic rings. The Bertz CT molecular complexity index is 786. The highest BCUT2D eigenvalue weighted by molar-refractivity contribution is 7.22. The van der Waals surface area contributed by atoms with Crippen molar-refractivity contribution in [3.8, 4) is 0 Å². The Morgan fingerprint density at radius 2 is 1.96 bits per heavy atom. The normalized spacial score (nSPS) is 26.5. The predicted octanol–water partition coefficient (Wildman–Crippen LogP) is 2.94. The van der Waals surface area contributed by atoms with Gasteiger partial charge in [0.15, 0.2) is 5.13 Å². The number of rotatable bonds is 3. The first-order valence-corrected chi connectivity index (χ1v) is 10.2. The Morgan fingerprint density at radius 3 is 2.72 bits per heavy atom. The molecule has 0 unspecified atom stereocenters. The molecule has 5 nitrogen and oxygen atoms in total. The summed E-state index contributed by atoms with van der Waals surface area (Å²) in [5, 5.41) is 7.99. The molecule has 3 fully saturated rings. The monoisotopic (exact) mass is 356 g/mol. The van der Waals surface area contributed by atoms with Gasteiger partial charge in [-0.3, -0.25) is 4.79 Å². The largest absolute Gasteiger partial charge is 0.359 e. The number of aromatic nitrogens is 1. The SMILES string of the molecule is O=C(c1ccc2nc(NC3CCCC3)sc2c1)N1C[C@H]2CNC[C@H]2C1. The van der Waals surface area contributed by atoms with E-state index in [0.717, 1.165) is 47.1 Å². The number of nitrogens with zero attached hydrogens (tertiary/aromatic N) is 2. The van der Waals surface area contributed by atoms with Gasteiger partial charge >= 0.3 is 0 Å². The number of carbonyl (C=O) groups is 1. The lowest BCUT2D eigenvalue weighted by Crippen LogP contribution is -2.31. The molecule has 1 aliphatic carbocycles. The lowest BCUT2D eigenvalue weighted by atomic mass is 10.0. The molecule has 3 heterocycles. The molecule has 1 aromatic heterocycles. The van der Waals surface area contributed by atoms with Gasteiger partial charge in [0.2, 0.25) is 0 Å². The number of thiazole rings is 1. The Balaban J connectivity index is 1.34. The summed E-state index contributed by atoms with van der Waals surface area (Å²) in [6.07, 6.45) is 5.11. The van der Waals surface area contributed by atoms with Crippen molar-refractivity contribution in [1.82, 2.24) is 15.2 Å². The first-order chi connectivity index (χ1) is 12.3. The molecule has 5 rings (SSSR count). The summed E-state index contributed by atoms with van der Waals surface area (Å²) < 4.78 is 1.10. The van der Waals surface area contributed by atoms with Crippen LogP contribution in [0.3, 0.4) is 0 Å². The summed E-state index contributed by atoms with van der Waals surface area (Å²) in [4.78, 5) is 19.6. The van der Waals surface area contributed by atoms with Crippen LogP contribution >= 0.6 is 11.3 Å². The summed E-state index contributed by atoms with van der Waals surface area (Å²) in [5.74, 6) is 1.45. The molecule has 2 aliphatic heterocycles. The number of hydrogen-bond acceptors (Lipinski definition) is 5. The molecule has 132 valence electrons. The van der Waals surface area contributed by atoms with Crippen LogP contribution in [0.5, 0.6) is 0 Å². The second-order valence-corrected chi connectivity index (χ2v) is 8.75. The summed E-state index contributed by atoms with van der Waals surface area (Å²) in [6.45, 7) is 3.90. The Kier molecular flexibility index (Phi) is 3.90. The van der Waals surface area contributed by atoms with Gasteiger partial charge in [0, 0.05) is 37.8 Å². The van der Waals surface area contributed by atoms with Crippen molar-refractivity contribution in [3.63, 3.8) is 0 Å². The molecule has 25 heavy (non-hydrogen) atoms. The third-order valence-electron chi connectivity index (χ3n) is 5.99. The second kappa shape index (κ2) is 6.25. The van der Waals surface area contributed by atoms with E-state index in [2.05, 4.69) is 10.6 Å². The zero-order valence-electron chi connectivity index (χ0n) is 14.3. The van der Waals surface area contributed by atoms with E-state index in [0.29, 0.717) is 17.9 Å². The number of fused-ring (bicyclic) bond motifs is 2. The Morgan fingerprint density at radius 1 is 1.20 bits per heavy atom. The van der Waals surface area contributed by atoms with Crippen LogP contribution in [0.25, 0.3) is 10.2 Å². The van der Waals surface area contributed by atoms with Gasteiger partial charge in [-0.15, -0.1) is 0 Å². The van der Waals surface area contributed by atoms with Crippen molar-refractivity contribution in [2.75, 3.05) is 31.5 Å². The van der Waals surface area contributed by atoms with E-state index in [1.54, 1.807) is 11.3 Å². The molecule has 2 atom stereocenters. The molecule has 2 N–H and O–H groups in total. The van der Waals surface area contributed by atoms with E-state index in [9.17, 15) is 4.79 Å². The van der Waals surface area contributed by atoms with Crippen LogP contribution in [0.1, 0.15) is 36.0 Å². The lowest BCUT2D eigenvalue weighted by Gasteiger charge is -2.17. The van der Waals surface area contributed by atoms with Crippen LogP contribution in [0.2, 0.25) is 0 Å². The molecule has 3 aliphatic rings. The van der Waals surface area contributed by atoms with E-state index in [4.69, 9.17) is 4.98 Å². The number of hydrogen-bond donors (Lipinski definition) is 2. The van der Waals surface area contributed by atoms with E-state index in [-0.39, 0.29) is 5.91 Å². The minimum Gasteiger partial charge on any atom is -0.359 e. The third-order valence-corrected chi connectivity index (χ3v) is 6.94. The lowest BCUT2D eigenvalue weighted by molar-refractivity contribution is 0.0782. The van der Waals surface area contributed by atoms with Crippen molar-refractivity contribution < 1.29 is 4.79 Å². The molecule has 1 amide bonds. The average Bonchev–Trinajstić information content (AvgIpc) is 3.36. The van der Waals surface area contributed by atoms with Crippen LogP contribution in [-0.2, 0) is 0 Å². The molecular weight excluding hydrogens is 332 g/mol. The van der Waals surface area contributed by atoms with E-state index in [1.165, 1.54) is 25.7 Å². The molecule has 0 radical (unpaired) electrons. The van der Waals surface area contributed by atoms with Gasteiger partial charge in [0.05, 0.1) is 10.2 Å². The number of anilines is 1. The zero-order chi connectivity index (χ0) is 16.8. The van der Waals surface area contributed by atoms with Gasteiger partial charge in [-0.1, -0.05) is 24.2 Å². The number of likely N-dealkylation sites (tertiary alicyclic amines) is 1. The average molecular weight is 356 g/mol. The first kappa shape index (κ1) is 15.6. The van der Waals surface area contributed by atoms with E-state index in [1.807, 2.05) is 23.1 Å². The summed E-state index contributed by atoms with van der Waals surface area (Å²) in [6, 6.07) is 6.54. The standard InChI is InChI=1S/C19H24N4OS/c24-18(23-10-13-8-20-9-14(13)11-23)12-5-6-16-17(7-12)25-19(22-16)21-15-3-1-2-4-15/h5-7,13-15,20H,1-4,8-11H2,(H,21,22)/t13-,14+. The maximum Gasteiger partial charge on any atom is 0.253 e. The highest BCUT2D eigenvalue weighted by Gasteiger charge is 2.38. The van der Waals surface area contributed by atoms with Crippen LogP contribution in [0.4, 0.5) is 5.13 Å². The molecule has 2 saturated heterocycles. The Labute approximate surface area is 151 Å². The fourth-order valence-corrected chi connectivity index (χ4v) is 5.55. The maximum atomic E-state index is 12.9. The quantitative estimate of drug-likeness (QED) is 0.888. The smallest absolute Gasteiger partial charge is 0.253 e. The highest BCUT2D eigenvalue weighted by Crippen LogP contribution is 2.31. The Hall–Kier alpha value is -1.66. The van der Waals surface area contributed by atoms with Crippen LogP contribution in [0.15, 0.2) is 18.2 Å². The van der Waals surface area contributed by atoms with Crippen LogP contribution < -0.4 is 10.6 Å². The fourth-order valence-electron chi connectivity index (χ4n) is 4.57. The summed E-state index contributed by atoms with van der Waals surface area (Å²) in [5.41, 5.74) is 1.79. The fraction of sp³-hybridized carbons (Fsp3) is 0.579. The minimum atomic E-state index is 0.176. The minimum absolute atomic E-state index is 0.176. The molecule has 6 heteroatoms. The molecule has 1 saturated carbocycles. The third kappa shape index (κ3) is 2.91. The molecule has 1 aromatic carbocycles.